The molecule has 16 heavy (non-hydrogen) atoms. The lowest BCUT2D eigenvalue weighted by Gasteiger charge is -2.34. The van der Waals surface area contributed by atoms with Gasteiger partial charge in [-0.05, 0) is 6.92 Å². The lowest BCUT2D eigenvalue weighted by molar-refractivity contribution is -0.144. The molecular weight excluding hydrogens is 232 g/mol. The van der Waals surface area contributed by atoms with E-state index in [4.69, 9.17) is 15.6 Å². The minimum absolute atomic E-state index is 0. The first-order valence-electron chi connectivity index (χ1n) is 5.33. The molecular formula is C10H21ClN2O3. The number of nitrogens with two attached hydrogens (primary N) is 1. The van der Waals surface area contributed by atoms with Crippen molar-refractivity contribution in [1.82, 2.24) is 4.90 Å². The lowest BCUT2D eigenvalue weighted by atomic mass is 10.0. The first-order chi connectivity index (χ1) is 7.06. The average Bonchev–Trinajstić information content (AvgIpc) is 2.27. The first kappa shape index (κ1) is 15.6. The van der Waals surface area contributed by atoms with Gasteiger partial charge >= 0.3 is 0 Å². The van der Waals surface area contributed by atoms with Crippen LogP contribution in [0.3, 0.4) is 0 Å². The Morgan fingerprint density at radius 2 is 2.25 bits per heavy atom. The second-order valence-electron chi connectivity index (χ2n) is 4.11. The van der Waals surface area contributed by atoms with Gasteiger partial charge < -0.3 is 20.5 Å². The Morgan fingerprint density at radius 1 is 1.62 bits per heavy atom. The van der Waals surface area contributed by atoms with Crippen molar-refractivity contribution < 1.29 is 14.6 Å². The van der Waals surface area contributed by atoms with Gasteiger partial charge in [0.2, 0.25) is 5.91 Å². The number of hydrogen-bond acceptors (Lipinski definition) is 4. The molecule has 0 aromatic rings. The van der Waals surface area contributed by atoms with Crippen LogP contribution in [0.1, 0.15) is 13.8 Å². The normalized spacial score (nSPS) is 24.5. The maximum atomic E-state index is 11.9. The van der Waals surface area contributed by atoms with Gasteiger partial charge in [0.25, 0.3) is 0 Å². The van der Waals surface area contributed by atoms with Crippen molar-refractivity contribution in [3.63, 3.8) is 0 Å². The van der Waals surface area contributed by atoms with E-state index in [0.717, 1.165) is 0 Å². The minimum Gasteiger partial charge on any atom is -0.394 e. The number of carbonyl (C=O) groups excluding carboxylic acids is 1. The first-order valence-corrected chi connectivity index (χ1v) is 5.33. The molecule has 0 aromatic heterocycles. The highest BCUT2D eigenvalue weighted by molar-refractivity contribution is 5.85. The number of aliphatic hydroxyl groups is 1. The van der Waals surface area contributed by atoms with Crippen LogP contribution in [0, 0.1) is 5.92 Å². The second kappa shape index (κ2) is 7.06. The summed E-state index contributed by atoms with van der Waals surface area (Å²) in [6.07, 6.45) is -0.247. The van der Waals surface area contributed by atoms with Crippen LogP contribution >= 0.6 is 12.4 Å². The Balaban J connectivity index is 0.00000225. The molecule has 5 nitrogen and oxygen atoms in total. The minimum atomic E-state index is -0.247. The highest BCUT2D eigenvalue weighted by Crippen LogP contribution is 2.11. The summed E-state index contributed by atoms with van der Waals surface area (Å²) in [7, 11) is 0. The molecule has 0 saturated carbocycles. The number of hydrogen-bond donors (Lipinski definition) is 2. The van der Waals surface area contributed by atoms with Crippen molar-refractivity contribution >= 4 is 18.3 Å². The van der Waals surface area contributed by atoms with Crippen LogP contribution in [0.4, 0.5) is 0 Å². The molecule has 0 bridgehead atoms. The monoisotopic (exact) mass is 252 g/mol. The maximum Gasteiger partial charge on any atom is 0.227 e. The van der Waals surface area contributed by atoms with E-state index >= 15 is 0 Å². The zero-order valence-electron chi connectivity index (χ0n) is 9.76. The number of morpholine rings is 1. The van der Waals surface area contributed by atoms with Crippen LogP contribution in [-0.4, -0.2) is 54.4 Å². The van der Waals surface area contributed by atoms with Gasteiger partial charge in [-0.1, -0.05) is 6.92 Å². The number of rotatable bonds is 3. The Labute approximate surface area is 102 Å². The van der Waals surface area contributed by atoms with Gasteiger partial charge in [0.1, 0.15) is 0 Å². The summed E-state index contributed by atoms with van der Waals surface area (Å²) in [5.74, 6) is -0.130. The summed E-state index contributed by atoms with van der Waals surface area (Å²) in [4.78, 5) is 13.6. The summed E-state index contributed by atoms with van der Waals surface area (Å²) < 4.78 is 5.27. The van der Waals surface area contributed by atoms with Crippen molar-refractivity contribution in [1.29, 1.82) is 0 Å². The summed E-state index contributed by atoms with van der Waals surface area (Å²) in [5.41, 5.74) is 5.68. The van der Waals surface area contributed by atoms with Crippen molar-refractivity contribution in [3.05, 3.63) is 0 Å². The zero-order chi connectivity index (χ0) is 11.4. The molecule has 1 aliphatic heterocycles. The van der Waals surface area contributed by atoms with E-state index in [1.54, 1.807) is 4.90 Å². The molecule has 0 spiro atoms. The van der Waals surface area contributed by atoms with E-state index in [-0.39, 0.29) is 43.0 Å². The van der Waals surface area contributed by atoms with E-state index < -0.39 is 0 Å². The molecule has 3 N–H and O–H groups in total. The second-order valence-corrected chi connectivity index (χ2v) is 4.11. The number of carbonyl (C=O) groups is 1. The molecule has 0 aromatic carbocycles. The standard InChI is InChI=1S/C10H20N2O3.ClH/c1-7(8(2)11)10(14)12-3-4-15-9(5-12)6-13;/h7-9,13H,3-6,11H2,1-2H3;1H. The number of halogens is 1. The van der Waals surface area contributed by atoms with Crippen molar-refractivity contribution in [3.8, 4) is 0 Å². The lowest BCUT2D eigenvalue weighted by Crippen LogP contribution is -2.50. The summed E-state index contributed by atoms with van der Waals surface area (Å²) in [6.45, 7) is 5.15. The quantitative estimate of drug-likeness (QED) is 0.718. The predicted molar refractivity (Wildman–Crippen MR) is 63.5 cm³/mol. The summed E-state index contributed by atoms with van der Waals surface area (Å²) in [6, 6.07) is -0.145. The van der Waals surface area contributed by atoms with E-state index in [1.807, 2.05) is 13.8 Å². The summed E-state index contributed by atoms with van der Waals surface area (Å²) in [5, 5.41) is 8.95. The molecule has 1 fully saturated rings. The van der Waals surface area contributed by atoms with Crippen LogP contribution in [-0.2, 0) is 9.53 Å². The molecule has 0 radical (unpaired) electrons. The van der Waals surface area contributed by atoms with Crippen LogP contribution in [0.15, 0.2) is 0 Å². The van der Waals surface area contributed by atoms with Crippen LogP contribution < -0.4 is 5.73 Å². The SMILES string of the molecule is CC(N)C(C)C(=O)N1CCOC(CO)C1.Cl. The fourth-order valence-electron chi connectivity index (χ4n) is 1.54. The Bertz CT molecular complexity index is 226. The molecule has 3 atom stereocenters. The molecule has 0 aliphatic carbocycles. The van der Waals surface area contributed by atoms with Crippen molar-refractivity contribution in [2.24, 2.45) is 11.7 Å². The fraction of sp³-hybridized carbons (Fsp3) is 0.900. The predicted octanol–water partition coefficient (Wildman–Crippen LogP) is -0.389. The Hall–Kier alpha value is -0.360. The van der Waals surface area contributed by atoms with Gasteiger partial charge in [0.05, 0.1) is 25.2 Å². The van der Waals surface area contributed by atoms with Gasteiger partial charge in [-0.3, -0.25) is 4.79 Å². The van der Waals surface area contributed by atoms with Gasteiger partial charge in [-0.2, -0.15) is 0 Å². The fourth-order valence-corrected chi connectivity index (χ4v) is 1.54. The van der Waals surface area contributed by atoms with E-state index in [2.05, 4.69) is 0 Å². The molecule has 1 rings (SSSR count). The van der Waals surface area contributed by atoms with E-state index in [0.29, 0.717) is 19.7 Å². The van der Waals surface area contributed by atoms with Gasteiger partial charge in [-0.15, -0.1) is 12.4 Å². The highest BCUT2D eigenvalue weighted by atomic mass is 35.5. The zero-order valence-corrected chi connectivity index (χ0v) is 10.6. The van der Waals surface area contributed by atoms with E-state index in [1.165, 1.54) is 0 Å². The maximum absolute atomic E-state index is 11.9. The topological polar surface area (TPSA) is 75.8 Å². The largest absolute Gasteiger partial charge is 0.394 e. The smallest absolute Gasteiger partial charge is 0.227 e. The van der Waals surface area contributed by atoms with Crippen LogP contribution in [0.2, 0.25) is 0 Å². The van der Waals surface area contributed by atoms with Gasteiger partial charge in [0.15, 0.2) is 0 Å². The van der Waals surface area contributed by atoms with Gasteiger partial charge in [-0.25, -0.2) is 0 Å². The highest BCUT2D eigenvalue weighted by Gasteiger charge is 2.28. The van der Waals surface area contributed by atoms with Crippen molar-refractivity contribution in [2.45, 2.75) is 26.0 Å². The number of amides is 1. The number of aliphatic hydroxyl groups excluding tert-OH is 1. The number of nitrogens with zero attached hydrogens (tertiary/aromatic N) is 1. The molecule has 96 valence electrons. The third-order valence-electron chi connectivity index (χ3n) is 2.83. The molecule has 1 saturated heterocycles. The number of ether oxygens (including phenoxy) is 1. The third kappa shape index (κ3) is 3.90. The molecule has 6 heteroatoms. The molecule has 1 amide bonds. The molecule has 3 unspecified atom stereocenters. The van der Waals surface area contributed by atoms with Crippen molar-refractivity contribution in [2.75, 3.05) is 26.3 Å². The Morgan fingerprint density at radius 3 is 2.75 bits per heavy atom. The van der Waals surface area contributed by atoms with Gasteiger partial charge in [0, 0.05) is 19.1 Å². The van der Waals surface area contributed by atoms with Crippen LogP contribution in [0.25, 0.3) is 0 Å². The molecule has 1 aliphatic rings. The average molecular weight is 253 g/mol. The molecule has 1 heterocycles. The van der Waals surface area contributed by atoms with E-state index in [9.17, 15) is 4.79 Å². The third-order valence-corrected chi connectivity index (χ3v) is 2.83. The summed E-state index contributed by atoms with van der Waals surface area (Å²) >= 11 is 0. The Kier molecular flexibility index (Phi) is 6.90. The van der Waals surface area contributed by atoms with Crippen LogP contribution in [0.5, 0.6) is 0 Å².